The zero-order valence-electron chi connectivity index (χ0n) is 19.5. The Hall–Kier alpha value is -2.49. The standard InChI is InChI=1S/C28H31FO3Se/c1-30-23-17-25(31-2)27(26(18-23)32-3)24(20-11-13-22(29)14-12-20)19-28(15-7-8-16-33-28)21-9-5-4-6-10-21/h4-6,9-14,17-18,24H,7-8,15-16,19H2,1-3H3. The first-order chi connectivity index (χ1) is 16.1. The van der Waals surface area contributed by atoms with E-state index in [0.717, 1.165) is 35.5 Å². The molecule has 0 spiro atoms. The summed E-state index contributed by atoms with van der Waals surface area (Å²) in [5.74, 6) is 1.90. The van der Waals surface area contributed by atoms with Gasteiger partial charge in [0.15, 0.2) is 0 Å². The molecule has 0 bridgehead atoms. The summed E-state index contributed by atoms with van der Waals surface area (Å²) < 4.78 is 31.2. The van der Waals surface area contributed by atoms with Crippen LogP contribution in [0.1, 0.15) is 48.3 Å². The van der Waals surface area contributed by atoms with Gasteiger partial charge in [-0.2, -0.15) is 0 Å². The number of hydrogen-bond donors (Lipinski definition) is 0. The van der Waals surface area contributed by atoms with Crippen molar-refractivity contribution in [3.63, 3.8) is 0 Å². The van der Waals surface area contributed by atoms with E-state index in [-0.39, 0.29) is 16.0 Å². The van der Waals surface area contributed by atoms with Gasteiger partial charge >= 0.3 is 203 Å². The van der Waals surface area contributed by atoms with Crippen molar-refractivity contribution in [2.75, 3.05) is 21.3 Å². The Morgan fingerprint density at radius 1 is 0.879 bits per heavy atom. The van der Waals surface area contributed by atoms with E-state index < -0.39 is 0 Å². The molecule has 1 heterocycles. The van der Waals surface area contributed by atoms with Crippen LogP contribution in [-0.4, -0.2) is 36.3 Å². The molecule has 1 saturated heterocycles. The Bertz CT molecular complexity index is 1020. The molecule has 3 aromatic rings. The number of halogens is 1. The molecule has 0 amide bonds. The van der Waals surface area contributed by atoms with Gasteiger partial charge in [-0.1, -0.05) is 0 Å². The quantitative estimate of drug-likeness (QED) is 0.319. The molecule has 0 aliphatic carbocycles. The van der Waals surface area contributed by atoms with Crippen molar-refractivity contribution in [3.05, 3.63) is 89.2 Å². The molecule has 0 radical (unpaired) electrons. The number of methoxy groups -OCH3 is 3. The summed E-state index contributed by atoms with van der Waals surface area (Å²) in [7, 11) is 4.99. The van der Waals surface area contributed by atoms with Crippen LogP contribution in [0.15, 0.2) is 66.7 Å². The Morgan fingerprint density at radius 2 is 1.55 bits per heavy atom. The minimum absolute atomic E-state index is 0.0124. The number of ether oxygens (including phenoxy) is 3. The van der Waals surface area contributed by atoms with Crippen LogP contribution < -0.4 is 14.2 Å². The SMILES string of the molecule is COc1cc(OC)c(C(CC2(c3ccccc3)CCCC[Se]2)c2ccc(F)cc2)c(OC)c1. The van der Waals surface area contributed by atoms with Crippen molar-refractivity contribution in [2.45, 2.75) is 41.2 Å². The first-order valence-corrected chi connectivity index (χ1v) is 13.4. The molecule has 33 heavy (non-hydrogen) atoms. The van der Waals surface area contributed by atoms with E-state index in [1.807, 2.05) is 24.3 Å². The number of benzene rings is 3. The number of hydrogen-bond acceptors (Lipinski definition) is 3. The van der Waals surface area contributed by atoms with Gasteiger partial charge in [-0.15, -0.1) is 0 Å². The average molecular weight is 514 g/mol. The Labute approximate surface area is 202 Å². The van der Waals surface area contributed by atoms with Crippen molar-refractivity contribution in [1.82, 2.24) is 0 Å². The zero-order chi connectivity index (χ0) is 23.3. The van der Waals surface area contributed by atoms with Crippen molar-refractivity contribution in [3.8, 4) is 17.2 Å². The molecule has 2 unspecified atom stereocenters. The van der Waals surface area contributed by atoms with Crippen LogP contribution in [0.5, 0.6) is 17.2 Å². The molecule has 1 fully saturated rings. The Balaban J connectivity index is 1.89. The van der Waals surface area contributed by atoms with Crippen molar-refractivity contribution in [2.24, 2.45) is 0 Å². The average Bonchev–Trinajstić information content (AvgIpc) is 2.88. The fraction of sp³-hybridized carbons (Fsp3) is 0.357. The molecule has 5 heteroatoms. The van der Waals surface area contributed by atoms with E-state index in [9.17, 15) is 4.39 Å². The van der Waals surface area contributed by atoms with Crippen LogP contribution in [0.3, 0.4) is 0 Å². The third kappa shape index (κ3) is 5.05. The van der Waals surface area contributed by atoms with Gasteiger partial charge in [0.25, 0.3) is 0 Å². The summed E-state index contributed by atoms with van der Waals surface area (Å²) in [4.78, 5) is 0. The van der Waals surface area contributed by atoms with E-state index in [4.69, 9.17) is 14.2 Å². The fourth-order valence-electron chi connectivity index (χ4n) is 4.89. The van der Waals surface area contributed by atoms with Crippen LogP contribution in [0.25, 0.3) is 0 Å². The summed E-state index contributed by atoms with van der Waals surface area (Å²) in [6.07, 6.45) is 4.60. The predicted octanol–water partition coefficient (Wildman–Crippen LogP) is 6.58. The number of rotatable bonds is 8. The Kier molecular flexibility index (Phi) is 7.62. The van der Waals surface area contributed by atoms with Crippen LogP contribution in [0.4, 0.5) is 4.39 Å². The van der Waals surface area contributed by atoms with Crippen molar-refractivity contribution in [1.29, 1.82) is 0 Å². The molecule has 4 rings (SSSR count). The zero-order valence-corrected chi connectivity index (χ0v) is 21.2. The first kappa shape index (κ1) is 23.7. The van der Waals surface area contributed by atoms with E-state index in [1.165, 1.54) is 23.7 Å². The van der Waals surface area contributed by atoms with Gasteiger partial charge in [0.2, 0.25) is 0 Å². The van der Waals surface area contributed by atoms with Gasteiger partial charge in [-0.25, -0.2) is 0 Å². The topological polar surface area (TPSA) is 27.7 Å². The molecule has 3 nitrogen and oxygen atoms in total. The van der Waals surface area contributed by atoms with Crippen molar-refractivity contribution < 1.29 is 18.6 Å². The minimum atomic E-state index is -0.231. The maximum atomic E-state index is 13.9. The summed E-state index contributed by atoms with van der Waals surface area (Å²) >= 11 is 0.456. The molecule has 174 valence electrons. The molecule has 0 N–H and O–H groups in total. The van der Waals surface area contributed by atoms with Gasteiger partial charge in [-0.3, -0.25) is 0 Å². The fourth-order valence-corrected chi connectivity index (χ4v) is 8.28. The van der Waals surface area contributed by atoms with Gasteiger partial charge in [0.1, 0.15) is 0 Å². The van der Waals surface area contributed by atoms with E-state index in [0.29, 0.717) is 20.7 Å². The molecule has 3 aromatic carbocycles. The molecule has 1 aliphatic rings. The van der Waals surface area contributed by atoms with E-state index in [2.05, 4.69) is 30.3 Å². The third-order valence-electron chi connectivity index (χ3n) is 6.56. The van der Waals surface area contributed by atoms with Crippen LogP contribution in [-0.2, 0) is 4.31 Å². The maximum absolute atomic E-state index is 13.9. The van der Waals surface area contributed by atoms with Gasteiger partial charge in [0, 0.05) is 0 Å². The molecule has 2 atom stereocenters. The van der Waals surface area contributed by atoms with E-state index >= 15 is 0 Å². The van der Waals surface area contributed by atoms with Crippen LogP contribution in [0.2, 0.25) is 5.32 Å². The van der Waals surface area contributed by atoms with Gasteiger partial charge in [0.05, 0.1) is 0 Å². The van der Waals surface area contributed by atoms with Crippen LogP contribution >= 0.6 is 0 Å². The summed E-state index contributed by atoms with van der Waals surface area (Å²) in [5.41, 5.74) is 3.46. The normalized spacial score (nSPS) is 19.0. The monoisotopic (exact) mass is 514 g/mol. The molecule has 0 aromatic heterocycles. The summed E-state index contributed by atoms with van der Waals surface area (Å²) in [5, 5.41) is 1.27. The second-order valence-corrected chi connectivity index (χ2v) is 11.5. The molecule has 1 aliphatic heterocycles. The first-order valence-electron chi connectivity index (χ1n) is 11.3. The predicted molar refractivity (Wildman–Crippen MR) is 131 cm³/mol. The second kappa shape index (κ2) is 10.6. The third-order valence-corrected chi connectivity index (χ3v) is 10.0. The molecular formula is C28H31FO3Se. The van der Waals surface area contributed by atoms with Gasteiger partial charge < -0.3 is 0 Å². The summed E-state index contributed by atoms with van der Waals surface area (Å²) in [6.45, 7) is 0. The second-order valence-electron chi connectivity index (χ2n) is 8.42. The Morgan fingerprint density at radius 3 is 2.09 bits per heavy atom. The summed E-state index contributed by atoms with van der Waals surface area (Å²) in [6, 6.07) is 21.6. The van der Waals surface area contributed by atoms with Gasteiger partial charge in [-0.05, 0) is 0 Å². The van der Waals surface area contributed by atoms with Crippen molar-refractivity contribution >= 4 is 15.0 Å². The molecular weight excluding hydrogens is 482 g/mol. The molecule has 0 saturated carbocycles. The van der Waals surface area contributed by atoms with Crippen LogP contribution in [0, 0.1) is 5.82 Å². The van der Waals surface area contributed by atoms with E-state index in [1.54, 1.807) is 33.5 Å².